The van der Waals surface area contributed by atoms with Crippen LogP contribution in [0.3, 0.4) is 0 Å². The Morgan fingerprint density at radius 1 is 0.939 bits per heavy atom. The number of nitrogens with two attached hydrogens (primary N) is 1. The van der Waals surface area contributed by atoms with Gasteiger partial charge in [0.25, 0.3) is 5.91 Å². The average molecular weight is 463 g/mol. The summed E-state index contributed by atoms with van der Waals surface area (Å²) in [6, 6.07) is 6.58. The molecule has 1 aromatic heterocycles. The Bertz CT molecular complexity index is 1220. The number of anilines is 3. The van der Waals surface area contributed by atoms with E-state index in [-0.39, 0.29) is 17.3 Å². The molecule has 4 amide bonds. The van der Waals surface area contributed by atoms with Gasteiger partial charge in [-0.15, -0.1) is 0 Å². The second kappa shape index (κ2) is 9.02. The lowest BCUT2D eigenvalue weighted by Gasteiger charge is -2.12. The number of nitrogens with one attached hydrogen (secondary N) is 4. The Balaban J connectivity index is 1.79. The standard InChI is InChI=1S/C21H17F4N5O3/c1-10(31)28-16-9-27-18(19(26)32)17(16)11-2-5-13(6-3-11)29-20(33)30-15-8-12(21(23,24)25)4-7-14(15)22/h2-9,27H,1H3,(H2,26,32)(H,28,31)(H2,29,30,33). The molecule has 172 valence electrons. The maximum absolute atomic E-state index is 13.8. The summed E-state index contributed by atoms with van der Waals surface area (Å²) in [6.45, 7) is 1.29. The SMILES string of the molecule is CC(=O)Nc1c[nH]c(C(N)=O)c1-c1ccc(NC(=O)Nc2cc(C(F)(F)F)ccc2F)cc1. The smallest absolute Gasteiger partial charge is 0.364 e. The van der Waals surface area contributed by atoms with Crippen molar-refractivity contribution in [1.29, 1.82) is 0 Å². The van der Waals surface area contributed by atoms with Crippen LogP contribution < -0.4 is 21.7 Å². The van der Waals surface area contributed by atoms with Crippen LogP contribution in [-0.4, -0.2) is 22.8 Å². The molecule has 0 saturated heterocycles. The molecule has 2 aromatic carbocycles. The molecule has 0 fully saturated rings. The molecule has 8 nitrogen and oxygen atoms in total. The fraction of sp³-hybridized carbons (Fsp3) is 0.0952. The van der Waals surface area contributed by atoms with Gasteiger partial charge in [0.15, 0.2) is 0 Å². The fourth-order valence-electron chi connectivity index (χ4n) is 3.01. The monoisotopic (exact) mass is 463 g/mol. The van der Waals surface area contributed by atoms with E-state index in [9.17, 15) is 31.9 Å². The normalized spacial score (nSPS) is 11.1. The average Bonchev–Trinajstić information content (AvgIpc) is 3.12. The van der Waals surface area contributed by atoms with Gasteiger partial charge in [-0.1, -0.05) is 12.1 Å². The number of benzene rings is 2. The van der Waals surface area contributed by atoms with Gasteiger partial charge in [0, 0.05) is 24.4 Å². The number of amides is 4. The predicted molar refractivity (Wildman–Crippen MR) is 113 cm³/mol. The highest BCUT2D eigenvalue weighted by Crippen LogP contribution is 2.33. The van der Waals surface area contributed by atoms with Crippen LogP contribution in [0.2, 0.25) is 0 Å². The van der Waals surface area contributed by atoms with Gasteiger partial charge in [0.2, 0.25) is 5.91 Å². The van der Waals surface area contributed by atoms with Crippen molar-refractivity contribution >= 4 is 34.9 Å². The number of carbonyl (C=O) groups is 3. The van der Waals surface area contributed by atoms with E-state index in [1.54, 1.807) is 0 Å². The molecule has 1 heterocycles. The number of rotatable bonds is 5. The summed E-state index contributed by atoms with van der Waals surface area (Å²) in [5, 5.41) is 6.96. The van der Waals surface area contributed by atoms with Crippen molar-refractivity contribution in [2.45, 2.75) is 13.1 Å². The third-order valence-corrected chi connectivity index (χ3v) is 4.41. The van der Waals surface area contributed by atoms with Gasteiger partial charge in [-0.3, -0.25) is 9.59 Å². The van der Waals surface area contributed by atoms with E-state index in [2.05, 4.69) is 15.6 Å². The van der Waals surface area contributed by atoms with Gasteiger partial charge in [-0.05, 0) is 35.9 Å². The van der Waals surface area contributed by atoms with E-state index in [0.29, 0.717) is 35.0 Å². The molecule has 0 unspecified atom stereocenters. The highest BCUT2D eigenvalue weighted by molar-refractivity contribution is 6.05. The quantitative estimate of drug-likeness (QED) is 0.356. The van der Waals surface area contributed by atoms with E-state index in [0.717, 1.165) is 0 Å². The maximum atomic E-state index is 13.8. The minimum atomic E-state index is -4.70. The third-order valence-electron chi connectivity index (χ3n) is 4.41. The van der Waals surface area contributed by atoms with E-state index < -0.39 is 35.2 Å². The third kappa shape index (κ3) is 5.47. The zero-order chi connectivity index (χ0) is 24.3. The van der Waals surface area contributed by atoms with Crippen molar-refractivity contribution in [3.8, 4) is 11.1 Å². The number of alkyl halides is 3. The van der Waals surface area contributed by atoms with E-state index >= 15 is 0 Å². The first-order valence-electron chi connectivity index (χ1n) is 9.29. The first-order valence-corrected chi connectivity index (χ1v) is 9.29. The Morgan fingerprint density at radius 2 is 1.61 bits per heavy atom. The number of halogens is 4. The van der Waals surface area contributed by atoms with Gasteiger partial charge in [0.1, 0.15) is 11.5 Å². The van der Waals surface area contributed by atoms with Crippen molar-refractivity contribution in [2.75, 3.05) is 16.0 Å². The number of aromatic amines is 1. The number of primary amides is 1. The second-order valence-electron chi connectivity index (χ2n) is 6.85. The summed E-state index contributed by atoms with van der Waals surface area (Å²) >= 11 is 0. The van der Waals surface area contributed by atoms with Gasteiger partial charge in [0.05, 0.1) is 16.9 Å². The van der Waals surface area contributed by atoms with Crippen LogP contribution in [-0.2, 0) is 11.0 Å². The topological polar surface area (TPSA) is 129 Å². The molecule has 0 saturated carbocycles. The van der Waals surface area contributed by atoms with Crippen LogP contribution in [0.1, 0.15) is 23.0 Å². The van der Waals surface area contributed by atoms with Crippen LogP contribution in [0.5, 0.6) is 0 Å². The van der Waals surface area contributed by atoms with E-state index in [1.807, 2.05) is 5.32 Å². The Morgan fingerprint density at radius 3 is 2.18 bits per heavy atom. The second-order valence-corrected chi connectivity index (χ2v) is 6.85. The van der Waals surface area contributed by atoms with Crippen molar-refractivity contribution in [2.24, 2.45) is 5.73 Å². The minimum absolute atomic E-state index is 0.0530. The van der Waals surface area contributed by atoms with Gasteiger partial charge in [-0.25, -0.2) is 9.18 Å². The largest absolute Gasteiger partial charge is 0.416 e. The lowest BCUT2D eigenvalue weighted by molar-refractivity contribution is -0.137. The Hall–Kier alpha value is -4.35. The predicted octanol–water partition coefficient (Wildman–Crippen LogP) is 4.54. The maximum Gasteiger partial charge on any atom is 0.416 e. The molecule has 0 bridgehead atoms. The highest BCUT2D eigenvalue weighted by Gasteiger charge is 2.31. The fourth-order valence-corrected chi connectivity index (χ4v) is 3.01. The summed E-state index contributed by atoms with van der Waals surface area (Å²) in [4.78, 5) is 38.0. The first kappa shape index (κ1) is 23.3. The molecule has 0 spiro atoms. The number of hydrogen-bond acceptors (Lipinski definition) is 3. The molecular formula is C21H17F4N5O3. The number of H-pyrrole nitrogens is 1. The number of aromatic nitrogens is 1. The van der Waals surface area contributed by atoms with E-state index in [4.69, 9.17) is 5.73 Å². The summed E-state index contributed by atoms with van der Waals surface area (Å²) in [5.74, 6) is -2.17. The van der Waals surface area contributed by atoms with Gasteiger partial charge >= 0.3 is 12.2 Å². The van der Waals surface area contributed by atoms with Gasteiger partial charge < -0.3 is 26.7 Å². The van der Waals surface area contributed by atoms with Crippen molar-refractivity contribution in [3.05, 3.63) is 65.7 Å². The van der Waals surface area contributed by atoms with Crippen LogP contribution in [0.15, 0.2) is 48.7 Å². The Kier molecular flexibility index (Phi) is 6.38. The number of hydrogen-bond donors (Lipinski definition) is 5. The van der Waals surface area contributed by atoms with Crippen LogP contribution in [0, 0.1) is 5.82 Å². The molecule has 0 aliphatic rings. The molecular weight excluding hydrogens is 446 g/mol. The zero-order valence-electron chi connectivity index (χ0n) is 16.9. The molecule has 33 heavy (non-hydrogen) atoms. The van der Waals surface area contributed by atoms with Crippen LogP contribution >= 0.6 is 0 Å². The molecule has 6 N–H and O–H groups in total. The lowest BCUT2D eigenvalue weighted by Crippen LogP contribution is -2.20. The zero-order valence-corrected chi connectivity index (χ0v) is 16.9. The number of carbonyl (C=O) groups excluding carboxylic acids is 3. The van der Waals surface area contributed by atoms with E-state index in [1.165, 1.54) is 37.4 Å². The van der Waals surface area contributed by atoms with Crippen molar-refractivity contribution in [1.82, 2.24) is 4.98 Å². The van der Waals surface area contributed by atoms with Gasteiger partial charge in [-0.2, -0.15) is 13.2 Å². The minimum Gasteiger partial charge on any atom is -0.364 e. The Labute approximate surface area is 184 Å². The summed E-state index contributed by atoms with van der Waals surface area (Å²) in [7, 11) is 0. The molecule has 12 heteroatoms. The summed E-state index contributed by atoms with van der Waals surface area (Å²) < 4.78 is 52.2. The molecule has 0 atom stereocenters. The van der Waals surface area contributed by atoms with Crippen LogP contribution in [0.4, 0.5) is 39.4 Å². The first-order chi connectivity index (χ1) is 15.5. The summed E-state index contributed by atoms with van der Waals surface area (Å²) in [6.07, 6.45) is -3.30. The molecule has 0 radical (unpaired) electrons. The molecule has 3 rings (SSSR count). The van der Waals surface area contributed by atoms with Crippen molar-refractivity contribution in [3.63, 3.8) is 0 Å². The highest BCUT2D eigenvalue weighted by atomic mass is 19.4. The number of urea groups is 1. The molecule has 3 aromatic rings. The lowest BCUT2D eigenvalue weighted by atomic mass is 10.0. The summed E-state index contributed by atoms with van der Waals surface area (Å²) in [5.41, 5.74) is 5.01. The molecule has 0 aliphatic heterocycles. The molecule has 0 aliphatic carbocycles. The van der Waals surface area contributed by atoms with Crippen molar-refractivity contribution < 1.29 is 31.9 Å². The van der Waals surface area contributed by atoms with Crippen LogP contribution in [0.25, 0.3) is 11.1 Å².